The van der Waals surface area contributed by atoms with Crippen LogP contribution in [0.2, 0.25) is 0 Å². The summed E-state index contributed by atoms with van der Waals surface area (Å²) in [6.45, 7) is 3.98. The second-order valence-corrected chi connectivity index (χ2v) is 4.80. The van der Waals surface area contributed by atoms with E-state index in [1.54, 1.807) is 13.2 Å². The molecule has 0 aliphatic rings. The minimum Gasteiger partial charge on any atom is -0.357 e. The Kier molecular flexibility index (Phi) is 5.24. The first-order chi connectivity index (χ1) is 11.1. The van der Waals surface area contributed by atoms with E-state index in [1.165, 1.54) is 0 Å². The quantitative estimate of drug-likeness (QED) is 0.736. The Balaban J connectivity index is 2.69. The number of nitrogens with one attached hydrogen (secondary N) is 2. The summed E-state index contributed by atoms with van der Waals surface area (Å²) in [6, 6.07) is 1.23. The number of nitrogens with two attached hydrogens (primary N) is 1. The van der Waals surface area contributed by atoms with Crippen molar-refractivity contribution < 1.29 is 4.79 Å². The van der Waals surface area contributed by atoms with E-state index in [-0.39, 0.29) is 0 Å². The second-order valence-electron chi connectivity index (χ2n) is 4.80. The maximum absolute atomic E-state index is 11.3. The van der Waals surface area contributed by atoms with Crippen molar-refractivity contribution in [2.24, 2.45) is 5.73 Å². The highest BCUT2D eigenvalue weighted by Gasteiger charge is 2.12. The molecule has 2 aromatic heterocycles. The number of amides is 2. The summed E-state index contributed by atoms with van der Waals surface area (Å²) in [5.74, 6) is 0.837. The van der Waals surface area contributed by atoms with Crippen LogP contribution in [0, 0.1) is 0 Å². The highest BCUT2D eigenvalue weighted by Crippen LogP contribution is 2.27. The molecule has 4 N–H and O–H groups in total. The number of nitrogens with zero attached hydrogens (tertiary/aromatic N) is 3. The van der Waals surface area contributed by atoms with Gasteiger partial charge in [-0.1, -0.05) is 25.2 Å². The average Bonchev–Trinajstić information content (AvgIpc) is 2.53. The van der Waals surface area contributed by atoms with Crippen LogP contribution in [-0.2, 0) is 0 Å². The minimum atomic E-state index is -0.669. The van der Waals surface area contributed by atoms with Crippen LogP contribution in [-0.4, -0.2) is 28.0 Å². The van der Waals surface area contributed by atoms with Crippen molar-refractivity contribution in [2.45, 2.75) is 20.3 Å². The lowest BCUT2D eigenvalue weighted by Gasteiger charge is -2.12. The first kappa shape index (κ1) is 16.4. The largest absolute Gasteiger partial charge is 0.357 e. The predicted octanol–water partition coefficient (Wildman–Crippen LogP) is 2.93. The van der Waals surface area contributed by atoms with Crippen molar-refractivity contribution in [1.29, 1.82) is 0 Å². The van der Waals surface area contributed by atoms with Gasteiger partial charge in [0.1, 0.15) is 5.82 Å². The van der Waals surface area contributed by atoms with Crippen LogP contribution in [0.4, 0.5) is 16.6 Å². The Hall–Kier alpha value is -2.96. The molecule has 2 amide bonds. The summed E-state index contributed by atoms with van der Waals surface area (Å²) >= 11 is 0. The molecule has 0 spiro atoms. The normalized spacial score (nSPS) is 11.9. The van der Waals surface area contributed by atoms with E-state index in [0.29, 0.717) is 17.4 Å². The Morgan fingerprint density at radius 2 is 2.17 bits per heavy atom. The van der Waals surface area contributed by atoms with Crippen LogP contribution in [0.25, 0.3) is 16.6 Å². The lowest BCUT2D eigenvalue weighted by atomic mass is 10.0. The molecule has 0 bridgehead atoms. The van der Waals surface area contributed by atoms with Gasteiger partial charge in [-0.15, -0.1) is 0 Å². The van der Waals surface area contributed by atoms with Crippen LogP contribution < -0.4 is 16.4 Å². The zero-order chi connectivity index (χ0) is 16.8. The molecule has 7 heteroatoms. The summed E-state index contributed by atoms with van der Waals surface area (Å²) in [5.41, 5.74) is 7.47. The molecule has 0 radical (unpaired) electrons. The Morgan fingerprint density at radius 3 is 2.78 bits per heavy atom. The van der Waals surface area contributed by atoms with E-state index in [4.69, 9.17) is 5.73 Å². The van der Waals surface area contributed by atoms with E-state index >= 15 is 0 Å². The van der Waals surface area contributed by atoms with Gasteiger partial charge in [-0.25, -0.2) is 14.8 Å². The fraction of sp³-hybridized carbons (Fsp3) is 0.250. The summed E-state index contributed by atoms with van der Waals surface area (Å²) in [5, 5.41) is 6.21. The van der Waals surface area contributed by atoms with Gasteiger partial charge in [-0.2, -0.15) is 4.98 Å². The van der Waals surface area contributed by atoms with Gasteiger partial charge in [-0.3, -0.25) is 5.32 Å². The van der Waals surface area contributed by atoms with Crippen molar-refractivity contribution in [2.75, 3.05) is 17.7 Å². The average molecular weight is 312 g/mol. The molecule has 2 rings (SSSR count). The van der Waals surface area contributed by atoms with E-state index < -0.39 is 6.03 Å². The summed E-state index contributed by atoms with van der Waals surface area (Å²) in [7, 11) is 1.73. The van der Waals surface area contributed by atoms with Gasteiger partial charge >= 0.3 is 6.03 Å². The molecule has 0 unspecified atom stereocenters. The first-order valence-corrected chi connectivity index (χ1v) is 7.34. The fourth-order valence-corrected chi connectivity index (χ4v) is 2.18. The van der Waals surface area contributed by atoms with Gasteiger partial charge in [0, 0.05) is 24.2 Å². The summed E-state index contributed by atoms with van der Waals surface area (Å²) in [4.78, 5) is 24.2. The molecule has 7 nitrogen and oxygen atoms in total. The van der Waals surface area contributed by atoms with Gasteiger partial charge in [0.15, 0.2) is 5.65 Å². The Labute approximate surface area is 134 Å². The van der Waals surface area contributed by atoms with Crippen molar-refractivity contribution in [3.63, 3.8) is 0 Å². The van der Waals surface area contributed by atoms with Gasteiger partial charge in [0.25, 0.3) is 0 Å². The van der Waals surface area contributed by atoms with Crippen LogP contribution in [0.15, 0.2) is 30.5 Å². The number of aromatic nitrogens is 3. The van der Waals surface area contributed by atoms with Gasteiger partial charge in [0.05, 0.1) is 0 Å². The molecule has 23 heavy (non-hydrogen) atoms. The molecular formula is C16H20N6O. The van der Waals surface area contributed by atoms with Crippen LogP contribution in [0.1, 0.15) is 25.8 Å². The molecular weight excluding hydrogens is 292 g/mol. The highest BCUT2D eigenvalue weighted by molar-refractivity contribution is 5.95. The lowest BCUT2D eigenvalue weighted by Crippen LogP contribution is -2.21. The molecule has 0 fully saturated rings. The maximum atomic E-state index is 11.3. The van der Waals surface area contributed by atoms with Crippen molar-refractivity contribution in [3.8, 4) is 0 Å². The number of anilines is 2. The molecule has 0 aromatic carbocycles. The molecule has 0 aliphatic carbocycles. The zero-order valence-electron chi connectivity index (χ0n) is 13.4. The number of hydrogen-bond acceptors (Lipinski definition) is 5. The number of rotatable bonds is 5. The molecule has 0 saturated carbocycles. The van der Waals surface area contributed by atoms with E-state index in [0.717, 1.165) is 22.9 Å². The zero-order valence-corrected chi connectivity index (χ0v) is 13.4. The SMILES string of the molecule is C/C=C\C(=C/CC)c1cc2cnc(NC)nc2nc1NC(N)=O. The number of hydrogen-bond donors (Lipinski definition) is 3. The molecule has 2 heterocycles. The smallest absolute Gasteiger partial charge is 0.317 e. The van der Waals surface area contributed by atoms with E-state index in [1.807, 2.05) is 32.1 Å². The molecule has 120 valence electrons. The molecule has 0 saturated heterocycles. The number of pyridine rings is 1. The maximum Gasteiger partial charge on any atom is 0.317 e. The predicted molar refractivity (Wildman–Crippen MR) is 93.2 cm³/mol. The third-order valence-corrected chi connectivity index (χ3v) is 3.12. The number of fused-ring (bicyclic) bond motifs is 1. The van der Waals surface area contributed by atoms with Crippen LogP contribution in [0.5, 0.6) is 0 Å². The summed E-state index contributed by atoms with van der Waals surface area (Å²) in [6.07, 6.45) is 8.49. The van der Waals surface area contributed by atoms with Crippen molar-refractivity contribution in [3.05, 3.63) is 36.1 Å². The van der Waals surface area contributed by atoms with Crippen LogP contribution >= 0.6 is 0 Å². The lowest BCUT2D eigenvalue weighted by molar-refractivity contribution is 0.259. The third-order valence-electron chi connectivity index (χ3n) is 3.12. The first-order valence-electron chi connectivity index (χ1n) is 7.34. The third kappa shape index (κ3) is 3.82. The second kappa shape index (κ2) is 7.35. The number of allylic oxidation sites excluding steroid dienone is 4. The van der Waals surface area contributed by atoms with Crippen molar-refractivity contribution >= 4 is 34.4 Å². The standard InChI is InChI=1S/C16H20N6O/c1-4-6-10(7-5-2)12-8-11-9-19-16(18-3)22-13(11)20-14(12)21-15(17)23/h4,6-9H,5H2,1-3H3,(H4,17,18,19,20,21,22,23)/b6-4-,10-7+. The topological polar surface area (TPSA) is 106 Å². The van der Waals surface area contributed by atoms with Gasteiger partial charge in [-0.05, 0) is 25.0 Å². The number of urea groups is 1. The van der Waals surface area contributed by atoms with E-state index in [2.05, 4.69) is 31.7 Å². The molecule has 0 aliphatic heterocycles. The highest BCUT2D eigenvalue weighted by atomic mass is 16.2. The Bertz CT molecular complexity index is 781. The summed E-state index contributed by atoms with van der Waals surface area (Å²) < 4.78 is 0. The number of carbonyl (C=O) groups excluding carboxylic acids is 1. The minimum absolute atomic E-state index is 0.378. The molecule has 0 atom stereocenters. The van der Waals surface area contributed by atoms with E-state index in [9.17, 15) is 4.79 Å². The number of primary amides is 1. The molecule has 2 aromatic rings. The van der Waals surface area contributed by atoms with Crippen molar-refractivity contribution in [1.82, 2.24) is 15.0 Å². The van der Waals surface area contributed by atoms with Crippen LogP contribution in [0.3, 0.4) is 0 Å². The van der Waals surface area contributed by atoms with Gasteiger partial charge in [0.2, 0.25) is 5.95 Å². The Morgan fingerprint density at radius 1 is 1.39 bits per heavy atom. The fourth-order valence-electron chi connectivity index (χ4n) is 2.18. The number of carbonyl (C=O) groups is 1. The van der Waals surface area contributed by atoms with Gasteiger partial charge < -0.3 is 11.1 Å². The monoisotopic (exact) mass is 312 g/mol.